The third-order valence-electron chi connectivity index (χ3n) is 2.82. The number of nitrogens with zero attached hydrogens (tertiary/aromatic N) is 3. The Morgan fingerprint density at radius 2 is 2.06 bits per heavy atom. The van der Waals surface area contributed by atoms with Gasteiger partial charge in [0.15, 0.2) is 0 Å². The van der Waals surface area contributed by atoms with Gasteiger partial charge in [-0.2, -0.15) is 0 Å². The van der Waals surface area contributed by atoms with Crippen molar-refractivity contribution in [1.82, 2.24) is 20.3 Å². The molecule has 0 aliphatic rings. The molecule has 1 heterocycles. The van der Waals surface area contributed by atoms with E-state index in [1.807, 2.05) is 37.3 Å². The molecule has 96 valence electrons. The van der Waals surface area contributed by atoms with Gasteiger partial charge in [-0.25, -0.2) is 4.68 Å². The maximum Gasteiger partial charge on any atom is 0.118 e. The Balaban J connectivity index is 2.33. The molecule has 2 N–H and O–H groups in total. The van der Waals surface area contributed by atoms with Gasteiger partial charge in [-0.15, -0.1) is 5.10 Å². The smallest absolute Gasteiger partial charge is 0.118 e. The van der Waals surface area contributed by atoms with E-state index in [0.29, 0.717) is 12.2 Å². The van der Waals surface area contributed by atoms with Gasteiger partial charge in [0.25, 0.3) is 0 Å². The Bertz CT molecular complexity index is 493. The SMILES string of the molecule is CCNCC(C)(O)c1cnnn1-c1ccccc1. The predicted molar refractivity (Wildman–Crippen MR) is 69.5 cm³/mol. The Hall–Kier alpha value is -1.72. The second kappa shape index (κ2) is 5.29. The number of likely N-dealkylation sites (N-methyl/N-ethyl adjacent to an activating group) is 1. The molecule has 0 fully saturated rings. The number of nitrogens with one attached hydrogen (secondary N) is 1. The first-order valence-electron chi connectivity index (χ1n) is 6.05. The molecule has 0 spiro atoms. The van der Waals surface area contributed by atoms with Crippen LogP contribution in [0.5, 0.6) is 0 Å². The van der Waals surface area contributed by atoms with Crippen LogP contribution in [0.2, 0.25) is 0 Å². The van der Waals surface area contributed by atoms with Crippen LogP contribution in [-0.2, 0) is 5.60 Å². The maximum absolute atomic E-state index is 10.5. The highest BCUT2D eigenvalue weighted by molar-refractivity contribution is 5.32. The van der Waals surface area contributed by atoms with Gasteiger partial charge in [0, 0.05) is 6.54 Å². The van der Waals surface area contributed by atoms with Gasteiger partial charge in [-0.05, 0) is 25.6 Å². The summed E-state index contributed by atoms with van der Waals surface area (Å²) in [4.78, 5) is 0. The van der Waals surface area contributed by atoms with E-state index < -0.39 is 5.60 Å². The van der Waals surface area contributed by atoms with Gasteiger partial charge in [-0.3, -0.25) is 0 Å². The maximum atomic E-state index is 10.5. The molecule has 1 aromatic carbocycles. The van der Waals surface area contributed by atoms with E-state index in [-0.39, 0.29) is 0 Å². The number of aliphatic hydroxyl groups is 1. The van der Waals surface area contributed by atoms with E-state index in [1.54, 1.807) is 17.8 Å². The molecule has 0 amide bonds. The Morgan fingerprint density at radius 1 is 1.33 bits per heavy atom. The van der Waals surface area contributed by atoms with Crippen molar-refractivity contribution >= 4 is 0 Å². The van der Waals surface area contributed by atoms with Crippen molar-refractivity contribution in [1.29, 1.82) is 0 Å². The number of rotatable bonds is 5. The first-order chi connectivity index (χ1) is 8.65. The van der Waals surface area contributed by atoms with Gasteiger partial charge < -0.3 is 10.4 Å². The lowest BCUT2D eigenvalue weighted by molar-refractivity contribution is 0.0506. The van der Waals surface area contributed by atoms with Gasteiger partial charge in [0.05, 0.1) is 17.6 Å². The van der Waals surface area contributed by atoms with Gasteiger partial charge in [0.1, 0.15) is 5.60 Å². The van der Waals surface area contributed by atoms with Crippen molar-refractivity contribution in [2.45, 2.75) is 19.4 Å². The summed E-state index contributed by atoms with van der Waals surface area (Å²) in [5.74, 6) is 0. The molecule has 0 aliphatic heterocycles. The summed E-state index contributed by atoms with van der Waals surface area (Å²) in [7, 11) is 0. The van der Waals surface area contributed by atoms with Crippen molar-refractivity contribution in [2.24, 2.45) is 0 Å². The minimum Gasteiger partial charge on any atom is -0.382 e. The molecule has 0 saturated carbocycles. The second-order valence-electron chi connectivity index (χ2n) is 4.42. The highest BCUT2D eigenvalue weighted by Gasteiger charge is 2.27. The first kappa shape index (κ1) is 12.7. The summed E-state index contributed by atoms with van der Waals surface area (Å²) in [5.41, 5.74) is 0.562. The third-order valence-corrected chi connectivity index (χ3v) is 2.82. The minimum atomic E-state index is -1.00. The fourth-order valence-electron chi connectivity index (χ4n) is 1.82. The summed E-state index contributed by atoms with van der Waals surface area (Å²) < 4.78 is 1.66. The van der Waals surface area contributed by atoms with E-state index in [0.717, 1.165) is 12.2 Å². The Morgan fingerprint density at radius 3 is 2.72 bits per heavy atom. The molecule has 1 aromatic heterocycles. The topological polar surface area (TPSA) is 63.0 Å². The Kier molecular flexibility index (Phi) is 3.74. The standard InChI is InChI=1S/C13H18N4O/c1-3-14-10-13(2,18)12-9-15-16-17(12)11-7-5-4-6-8-11/h4-9,14,18H,3,10H2,1-2H3. The molecule has 0 bridgehead atoms. The van der Waals surface area contributed by atoms with Crippen LogP contribution >= 0.6 is 0 Å². The van der Waals surface area contributed by atoms with Crippen LogP contribution in [0.1, 0.15) is 19.5 Å². The largest absolute Gasteiger partial charge is 0.382 e. The molecular weight excluding hydrogens is 228 g/mol. The first-order valence-corrected chi connectivity index (χ1v) is 6.05. The Labute approximate surface area is 106 Å². The van der Waals surface area contributed by atoms with Crippen LogP contribution in [0.15, 0.2) is 36.5 Å². The summed E-state index contributed by atoms with van der Waals surface area (Å²) in [5, 5.41) is 21.6. The molecule has 18 heavy (non-hydrogen) atoms. The van der Waals surface area contributed by atoms with E-state index in [9.17, 15) is 5.11 Å². The lowest BCUT2D eigenvalue weighted by atomic mass is 10.0. The van der Waals surface area contributed by atoms with Crippen molar-refractivity contribution in [2.75, 3.05) is 13.1 Å². The highest BCUT2D eigenvalue weighted by atomic mass is 16.3. The molecule has 0 saturated heterocycles. The number of aromatic nitrogens is 3. The summed E-state index contributed by atoms with van der Waals surface area (Å²) in [6, 6.07) is 9.67. The number of para-hydroxylation sites is 1. The lowest BCUT2D eigenvalue weighted by Crippen LogP contribution is -2.37. The van der Waals surface area contributed by atoms with Gasteiger partial charge in [0.2, 0.25) is 0 Å². The second-order valence-corrected chi connectivity index (χ2v) is 4.42. The normalized spacial score (nSPS) is 14.4. The molecular formula is C13H18N4O. The zero-order chi connectivity index (χ0) is 13.0. The van der Waals surface area contributed by atoms with Crippen LogP contribution < -0.4 is 5.32 Å². The molecule has 1 atom stereocenters. The van der Waals surface area contributed by atoms with E-state index in [4.69, 9.17) is 0 Å². The van der Waals surface area contributed by atoms with Crippen molar-refractivity contribution in [3.63, 3.8) is 0 Å². The summed E-state index contributed by atoms with van der Waals surface area (Å²) in [6.07, 6.45) is 1.60. The molecule has 5 heteroatoms. The number of benzene rings is 1. The summed E-state index contributed by atoms with van der Waals surface area (Å²) >= 11 is 0. The zero-order valence-electron chi connectivity index (χ0n) is 10.7. The third kappa shape index (κ3) is 2.57. The monoisotopic (exact) mass is 246 g/mol. The quantitative estimate of drug-likeness (QED) is 0.829. The van der Waals surface area contributed by atoms with Crippen molar-refractivity contribution in [3.8, 4) is 5.69 Å². The van der Waals surface area contributed by atoms with Crippen LogP contribution in [0.3, 0.4) is 0 Å². The van der Waals surface area contributed by atoms with Crippen molar-refractivity contribution in [3.05, 3.63) is 42.2 Å². The number of hydrogen-bond acceptors (Lipinski definition) is 4. The average Bonchev–Trinajstić information content (AvgIpc) is 2.87. The van der Waals surface area contributed by atoms with E-state index >= 15 is 0 Å². The van der Waals surface area contributed by atoms with Crippen LogP contribution in [0.25, 0.3) is 5.69 Å². The zero-order valence-corrected chi connectivity index (χ0v) is 10.7. The molecule has 1 unspecified atom stereocenters. The van der Waals surface area contributed by atoms with Crippen LogP contribution in [0, 0.1) is 0 Å². The van der Waals surface area contributed by atoms with Gasteiger partial charge in [-0.1, -0.05) is 30.3 Å². The van der Waals surface area contributed by atoms with Crippen LogP contribution in [0.4, 0.5) is 0 Å². The van der Waals surface area contributed by atoms with Gasteiger partial charge >= 0.3 is 0 Å². The van der Waals surface area contributed by atoms with Crippen molar-refractivity contribution < 1.29 is 5.11 Å². The fraction of sp³-hybridized carbons (Fsp3) is 0.385. The molecule has 2 aromatic rings. The fourth-order valence-corrected chi connectivity index (χ4v) is 1.82. The lowest BCUT2D eigenvalue weighted by Gasteiger charge is -2.23. The number of hydrogen-bond donors (Lipinski definition) is 2. The predicted octanol–water partition coefficient (Wildman–Crippen LogP) is 1.08. The minimum absolute atomic E-state index is 0.462. The summed E-state index contributed by atoms with van der Waals surface area (Å²) in [6.45, 7) is 5.03. The molecule has 0 aliphatic carbocycles. The molecule has 0 radical (unpaired) electrons. The van der Waals surface area contributed by atoms with Crippen LogP contribution in [-0.4, -0.2) is 33.2 Å². The van der Waals surface area contributed by atoms with E-state index in [1.165, 1.54) is 0 Å². The molecule has 2 rings (SSSR count). The van der Waals surface area contributed by atoms with E-state index in [2.05, 4.69) is 15.6 Å². The average molecular weight is 246 g/mol. The molecule has 5 nitrogen and oxygen atoms in total. The highest BCUT2D eigenvalue weighted by Crippen LogP contribution is 2.21.